The zero-order valence-corrected chi connectivity index (χ0v) is 17.7. The normalized spacial score (nSPS) is 13.2. The fourth-order valence-electron chi connectivity index (χ4n) is 4.06. The van der Waals surface area contributed by atoms with E-state index in [4.69, 9.17) is 14.2 Å². The molecule has 1 aliphatic rings. The molecule has 0 spiro atoms. The smallest absolute Gasteiger partial charge is 0.168 e. The molecule has 8 heteroatoms. The molecule has 0 aliphatic carbocycles. The van der Waals surface area contributed by atoms with Gasteiger partial charge in [0.1, 0.15) is 17.9 Å². The summed E-state index contributed by atoms with van der Waals surface area (Å²) in [4.78, 5) is 11.4. The van der Waals surface area contributed by atoms with Gasteiger partial charge in [-0.2, -0.15) is 5.10 Å². The molecule has 5 rings (SSSR count). The van der Waals surface area contributed by atoms with Gasteiger partial charge in [-0.05, 0) is 53.9 Å². The number of methoxy groups -OCH3 is 3. The van der Waals surface area contributed by atoms with Crippen LogP contribution in [-0.4, -0.2) is 47.6 Å². The van der Waals surface area contributed by atoms with Crippen molar-refractivity contribution in [1.82, 2.24) is 19.7 Å². The minimum Gasteiger partial charge on any atom is -0.497 e. The molecule has 0 saturated carbocycles. The average Bonchev–Trinajstić information content (AvgIpc) is 3.27. The molecule has 0 N–H and O–H groups in total. The standard InChI is InChI=1S/C23H23N5O3/c1-29-18-6-4-17(5-7-18)28-23-19(12-26-28)22(24-14-25-23)27-9-8-15-10-20(30-2)21(31-3)11-16(15)13-27/h4-7,10-12,14H,8-9,13H2,1-3H3. The topological polar surface area (TPSA) is 74.5 Å². The second kappa shape index (κ2) is 7.79. The quantitative estimate of drug-likeness (QED) is 0.493. The number of ether oxygens (including phenoxy) is 3. The number of hydrogen-bond donors (Lipinski definition) is 0. The first-order chi connectivity index (χ1) is 15.2. The van der Waals surface area contributed by atoms with E-state index in [1.165, 1.54) is 11.1 Å². The van der Waals surface area contributed by atoms with E-state index in [9.17, 15) is 0 Å². The second-order valence-corrected chi connectivity index (χ2v) is 7.34. The van der Waals surface area contributed by atoms with Crippen molar-refractivity contribution < 1.29 is 14.2 Å². The van der Waals surface area contributed by atoms with Crippen molar-refractivity contribution in [2.45, 2.75) is 13.0 Å². The van der Waals surface area contributed by atoms with Gasteiger partial charge in [-0.25, -0.2) is 14.6 Å². The molecule has 158 valence electrons. The van der Waals surface area contributed by atoms with E-state index in [1.54, 1.807) is 27.7 Å². The van der Waals surface area contributed by atoms with Gasteiger partial charge < -0.3 is 19.1 Å². The van der Waals surface area contributed by atoms with Crippen LogP contribution in [0.5, 0.6) is 17.2 Å². The number of aromatic nitrogens is 4. The Morgan fingerprint density at radius 3 is 2.32 bits per heavy atom. The Hall–Kier alpha value is -3.81. The third-order valence-electron chi connectivity index (χ3n) is 5.68. The van der Waals surface area contributed by atoms with Crippen LogP contribution in [0.2, 0.25) is 0 Å². The summed E-state index contributed by atoms with van der Waals surface area (Å²) < 4.78 is 18.0. The van der Waals surface area contributed by atoms with E-state index in [1.807, 2.05) is 35.1 Å². The first kappa shape index (κ1) is 19.2. The van der Waals surface area contributed by atoms with Crippen LogP contribution in [-0.2, 0) is 13.0 Å². The highest BCUT2D eigenvalue weighted by molar-refractivity contribution is 5.87. The zero-order valence-electron chi connectivity index (χ0n) is 17.7. The van der Waals surface area contributed by atoms with E-state index in [0.29, 0.717) is 0 Å². The maximum absolute atomic E-state index is 5.49. The summed E-state index contributed by atoms with van der Waals surface area (Å²) in [5, 5.41) is 5.50. The first-order valence-electron chi connectivity index (χ1n) is 10.0. The summed E-state index contributed by atoms with van der Waals surface area (Å²) in [6.07, 6.45) is 4.33. The molecular weight excluding hydrogens is 394 g/mol. The lowest BCUT2D eigenvalue weighted by atomic mass is 9.98. The van der Waals surface area contributed by atoms with Gasteiger partial charge in [0.2, 0.25) is 0 Å². The van der Waals surface area contributed by atoms with Crippen LogP contribution < -0.4 is 19.1 Å². The Balaban J connectivity index is 1.51. The van der Waals surface area contributed by atoms with Gasteiger partial charge in [0.15, 0.2) is 17.1 Å². The van der Waals surface area contributed by atoms with Gasteiger partial charge in [-0.15, -0.1) is 0 Å². The van der Waals surface area contributed by atoms with Crippen LogP contribution in [0.25, 0.3) is 16.7 Å². The molecule has 1 aliphatic heterocycles. The molecule has 4 aromatic rings. The van der Waals surface area contributed by atoms with Gasteiger partial charge in [-0.3, -0.25) is 0 Å². The number of rotatable bonds is 5. The highest BCUT2D eigenvalue weighted by Crippen LogP contribution is 2.35. The molecule has 0 amide bonds. The maximum atomic E-state index is 5.49. The van der Waals surface area contributed by atoms with E-state index in [2.05, 4.69) is 32.1 Å². The largest absolute Gasteiger partial charge is 0.497 e. The van der Waals surface area contributed by atoms with Crippen LogP contribution in [0.1, 0.15) is 11.1 Å². The van der Waals surface area contributed by atoms with E-state index in [-0.39, 0.29) is 0 Å². The summed E-state index contributed by atoms with van der Waals surface area (Å²) in [5.41, 5.74) is 4.17. The van der Waals surface area contributed by atoms with Gasteiger partial charge in [-0.1, -0.05) is 0 Å². The Kier molecular flexibility index (Phi) is 4.82. The van der Waals surface area contributed by atoms with Gasteiger partial charge in [0.05, 0.1) is 38.6 Å². The van der Waals surface area contributed by atoms with Crippen molar-refractivity contribution in [1.29, 1.82) is 0 Å². The van der Waals surface area contributed by atoms with Crippen LogP contribution in [0.15, 0.2) is 48.9 Å². The van der Waals surface area contributed by atoms with Crippen LogP contribution in [0, 0.1) is 0 Å². The summed E-state index contributed by atoms with van der Waals surface area (Å²) in [6, 6.07) is 11.9. The van der Waals surface area contributed by atoms with E-state index < -0.39 is 0 Å². The Morgan fingerprint density at radius 1 is 0.871 bits per heavy atom. The predicted molar refractivity (Wildman–Crippen MR) is 118 cm³/mol. The molecular formula is C23H23N5O3. The van der Waals surface area contributed by atoms with Crippen LogP contribution in [0.4, 0.5) is 5.82 Å². The number of benzene rings is 2. The second-order valence-electron chi connectivity index (χ2n) is 7.34. The summed E-state index contributed by atoms with van der Waals surface area (Å²) in [5.74, 6) is 3.18. The SMILES string of the molecule is COc1ccc(-n2ncc3c(N4CCc5cc(OC)c(OC)cc5C4)ncnc32)cc1. The summed E-state index contributed by atoms with van der Waals surface area (Å²) in [6.45, 7) is 1.58. The number of anilines is 1. The predicted octanol–water partition coefficient (Wildman–Crippen LogP) is 3.40. The van der Waals surface area contributed by atoms with Crippen molar-refractivity contribution >= 4 is 16.9 Å². The third kappa shape index (κ3) is 3.30. The molecule has 0 atom stereocenters. The third-order valence-corrected chi connectivity index (χ3v) is 5.68. The molecule has 2 aromatic heterocycles. The van der Waals surface area contributed by atoms with Crippen molar-refractivity contribution in [3.8, 4) is 22.9 Å². The molecule has 3 heterocycles. The average molecular weight is 417 g/mol. The fourth-order valence-corrected chi connectivity index (χ4v) is 4.06. The molecule has 0 saturated heterocycles. The monoisotopic (exact) mass is 417 g/mol. The number of nitrogens with zero attached hydrogens (tertiary/aromatic N) is 5. The van der Waals surface area contributed by atoms with Crippen molar-refractivity contribution in [2.24, 2.45) is 0 Å². The Bertz CT molecular complexity index is 1240. The van der Waals surface area contributed by atoms with Gasteiger partial charge in [0, 0.05) is 13.1 Å². The lowest BCUT2D eigenvalue weighted by Crippen LogP contribution is -2.31. The minimum atomic E-state index is 0.732. The lowest BCUT2D eigenvalue weighted by molar-refractivity contribution is 0.353. The molecule has 2 aromatic carbocycles. The number of fused-ring (bicyclic) bond motifs is 2. The molecule has 0 bridgehead atoms. The van der Waals surface area contributed by atoms with Crippen molar-refractivity contribution in [2.75, 3.05) is 32.8 Å². The van der Waals surface area contributed by atoms with Gasteiger partial charge >= 0.3 is 0 Å². The van der Waals surface area contributed by atoms with Crippen molar-refractivity contribution in [3.63, 3.8) is 0 Å². The minimum absolute atomic E-state index is 0.732. The summed E-state index contributed by atoms with van der Waals surface area (Å²) in [7, 11) is 4.98. The maximum Gasteiger partial charge on any atom is 0.168 e. The molecule has 0 radical (unpaired) electrons. The lowest BCUT2D eigenvalue weighted by Gasteiger charge is -2.30. The van der Waals surface area contributed by atoms with Gasteiger partial charge in [0.25, 0.3) is 0 Å². The molecule has 8 nitrogen and oxygen atoms in total. The number of hydrogen-bond acceptors (Lipinski definition) is 7. The van der Waals surface area contributed by atoms with Crippen molar-refractivity contribution in [3.05, 3.63) is 60.0 Å². The first-order valence-corrected chi connectivity index (χ1v) is 10.0. The fraction of sp³-hybridized carbons (Fsp3) is 0.261. The molecule has 31 heavy (non-hydrogen) atoms. The van der Waals surface area contributed by atoms with Crippen LogP contribution in [0.3, 0.4) is 0 Å². The van der Waals surface area contributed by atoms with Crippen LogP contribution >= 0.6 is 0 Å². The van der Waals surface area contributed by atoms with E-state index >= 15 is 0 Å². The Morgan fingerprint density at radius 2 is 1.61 bits per heavy atom. The molecule has 0 fully saturated rings. The highest BCUT2D eigenvalue weighted by Gasteiger charge is 2.23. The molecule has 0 unspecified atom stereocenters. The summed E-state index contributed by atoms with van der Waals surface area (Å²) >= 11 is 0. The highest BCUT2D eigenvalue weighted by atomic mass is 16.5. The Labute approximate surface area is 180 Å². The van der Waals surface area contributed by atoms with E-state index in [0.717, 1.165) is 59.3 Å². The zero-order chi connectivity index (χ0) is 21.4.